The Labute approximate surface area is 176 Å². The Hall–Kier alpha value is -2.96. The van der Waals surface area contributed by atoms with Gasteiger partial charge in [-0.25, -0.2) is 0 Å². The van der Waals surface area contributed by atoms with Crippen molar-refractivity contribution in [1.29, 1.82) is 0 Å². The van der Waals surface area contributed by atoms with Crippen molar-refractivity contribution in [2.24, 2.45) is 0 Å². The third kappa shape index (κ3) is 3.76. The first-order valence-corrected chi connectivity index (χ1v) is 11.1. The molecule has 1 fully saturated rings. The van der Waals surface area contributed by atoms with E-state index in [2.05, 4.69) is 0 Å². The molecule has 1 aliphatic rings. The molecule has 0 radical (unpaired) electrons. The van der Waals surface area contributed by atoms with Gasteiger partial charge in [0.25, 0.3) is 10.1 Å². The molecule has 0 saturated carbocycles. The summed E-state index contributed by atoms with van der Waals surface area (Å²) >= 11 is 0. The molecule has 0 N–H and O–H groups in total. The predicted octanol–water partition coefficient (Wildman–Crippen LogP) is 4.00. The Kier molecular flexibility index (Phi) is 5.45. The van der Waals surface area contributed by atoms with Crippen LogP contribution in [0.5, 0.6) is 0 Å². The van der Waals surface area contributed by atoms with Crippen LogP contribution in [0.15, 0.2) is 89.8 Å². The monoisotopic (exact) mass is 422 g/mol. The maximum absolute atomic E-state index is 13.1. The highest BCUT2D eigenvalue weighted by molar-refractivity contribution is 7.86. The highest BCUT2D eigenvalue weighted by atomic mass is 32.2. The fraction of sp³-hybridized carbons (Fsp3) is 0.208. The molecule has 0 unspecified atom stereocenters. The minimum absolute atomic E-state index is 0.0785. The van der Waals surface area contributed by atoms with Gasteiger partial charge in [0.1, 0.15) is 18.1 Å². The van der Waals surface area contributed by atoms with Gasteiger partial charge in [0, 0.05) is 6.42 Å². The molecule has 3 aromatic carbocycles. The quantitative estimate of drug-likeness (QED) is 0.444. The average Bonchev–Trinajstić information content (AvgIpc) is 3.11. The Balaban J connectivity index is 1.59. The Morgan fingerprint density at radius 1 is 0.900 bits per heavy atom. The summed E-state index contributed by atoms with van der Waals surface area (Å²) in [5.41, 5.74) is 1.58. The fourth-order valence-electron chi connectivity index (χ4n) is 3.83. The lowest BCUT2D eigenvalue weighted by atomic mass is 9.72. The topological polar surface area (TPSA) is 69.7 Å². The lowest BCUT2D eigenvalue weighted by Crippen LogP contribution is -2.33. The number of hydrogen-bond acceptors (Lipinski definition) is 5. The molecule has 1 atom stereocenters. The summed E-state index contributed by atoms with van der Waals surface area (Å²) in [7, 11) is -3.94. The van der Waals surface area contributed by atoms with Crippen molar-refractivity contribution in [1.82, 2.24) is 0 Å². The summed E-state index contributed by atoms with van der Waals surface area (Å²) in [6, 6.07) is 25.3. The molecule has 4 rings (SSSR count). The van der Waals surface area contributed by atoms with Crippen LogP contribution in [0.2, 0.25) is 0 Å². The third-order valence-electron chi connectivity index (χ3n) is 5.41. The molecule has 0 aliphatic carbocycles. The molecule has 6 heteroatoms. The van der Waals surface area contributed by atoms with Crippen LogP contribution in [-0.2, 0) is 29.2 Å². The second-order valence-electron chi connectivity index (χ2n) is 7.42. The van der Waals surface area contributed by atoms with Gasteiger partial charge < -0.3 is 4.74 Å². The number of hydrogen-bond donors (Lipinski definition) is 0. The lowest BCUT2D eigenvalue weighted by Gasteiger charge is -2.26. The number of carbonyl (C=O) groups excluding carboxylic acids is 1. The van der Waals surface area contributed by atoms with Crippen LogP contribution in [0.4, 0.5) is 0 Å². The van der Waals surface area contributed by atoms with Gasteiger partial charge in [0.2, 0.25) is 0 Å². The molecule has 1 aliphatic heterocycles. The molecule has 0 aromatic heterocycles. The summed E-state index contributed by atoms with van der Waals surface area (Å²) in [6.07, 6.45) is -0.387. The van der Waals surface area contributed by atoms with Gasteiger partial charge in [-0.2, -0.15) is 8.42 Å². The van der Waals surface area contributed by atoms with E-state index in [1.807, 2.05) is 67.6 Å². The number of benzene rings is 3. The smallest absolute Gasteiger partial charge is 0.321 e. The summed E-state index contributed by atoms with van der Waals surface area (Å²) < 4.78 is 35.9. The van der Waals surface area contributed by atoms with Crippen LogP contribution in [0.1, 0.15) is 23.1 Å². The second kappa shape index (κ2) is 8.05. The van der Waals surface area contributed by atoms with Gasteiger partial charge in [-0.3, -0.25) is 8.98 Å². The van der Waals surface area contributed by atoms with Crippen LogP contribution in [0.3, 0.4) is 0 Å². The van der Waals surface area contributed by atoms with Gasteiger partial charge in [0.05, 0.1) is 4.90 Å². The number of carbonyl (C=O) groups is 1. The molecule has 0 spiro atoms. The maximum Gasteiger partial charge on any atom is 0.321 e. The maximum atomic E-state index is 13.1. The van der Waals surface area contributed by atoms with E-state index in [-0.39, 0.29) is 11.5 Å². The van der Waals surface area contributed by atoms with E-state index >= 15 is 0 Å². The Bertz CT molecular complexity index is 1080. The number of esters is 1. The normalized spacial score (nSPS) is 18.2. The summed E-state index contributed by atoms with van der Waals surface area (Å²) in [5, 5.41) is 0. The molecule has 3 aromatic rings. The van der Waals surface area contributed by atoms with Gasteiger partial charge in [-0.1, -0.05) is 78.4 Å². The van der Waals surface area contributed by atoms with Crippen LogP contribution < -0.4 is 0 Å². The lowest BCUT2D eigenvalue weighted by molar-refractivity contribution is -0.145. The van der Waals surface area contributed by atoms with Crippen molar-refractivity contribution in [3.63, 3.8) is 0 Å². The molecule has 5 nitrogen and oxygen atoms in total. The molecule has 1 saturated heterocycles. The SMILES string of the molecule is Cc1ccc(S(=O)(=O)OC[C@@H]2CC(c3ccccc3)(c3ccccc3)C(=O)O2)cc1. The minimum Gasteiger partial charge on any atom is -0.459 e. The molecule has 30 heavy (non-hydrogen) atoms. The molecule has 1 heterocycles. The number of ether oxygens (including phenoxy) is 1. The van der Waals surface area contributed by atoms with E-state index in [1.54, 1.807) is 12.1 Å². The van der Waals surface area contributed by atoms with E-state index in [4.69, 9.17) is 8.92 Å². The standard InChI is InChI=1S/C24H22O5S/c1-18-12-14-22(15-13-18)30(26,27)28-17-21-16-24(23(25)29-21,19-8-4-2-5-9-19)20-10-6-3-7-11-20/h2-15,21H,16-17H2,1H3/t21-/m0/s1. The fourth-order valence-corrected chi connectivity index (χ4v) is 4.77. The minimum atomic E-state index is -3.94. The molecule has 0 bridgehead atoms. The van der Waals surface area contributed by atoms with Crippen LogP contribution in [0.25, 0.3) is 0 Å². The van der Waals surface area contributed by atoms with Crippen molar-refractivity contribution >= 4 is 16.1 Å². The van der Waals surface area contributed by atoms with Crippen molar-refractivity contribution in [2.75, 3.05) is 6.61 Å². The molecular formula is C24H22O5S. The van der Waals surface area contributed by atoms with Crippen LogP contribution in [-0.4, -0.2) is 27.1 Å². The Morgan fingerprint density at radius 3 is 1.97 bits per heavy atom. The first-order valence-electron chi connectivity index (χ1n) is 9.70. The Morgan fingerprint density at radius 2 is 1.43 bits per heavy atom. The zero-order chi connectivity index (χ0) is 21.2. The summed E-state index contributed by atoms with van der Waals surface area (Å²) in [5.74, 6) is -0.402. The largest absolute Gasteiger partial charge is 0.459 e. The predicted molar refractivity (Wildman–Crippen MR) is 112 cm³/mol. The van der Waals surface area contributed by atoms with Crippen LogP contribution >= 0.6 is 0 Å². The molecule has 0 amide bonds. The zero-order valence-electron chi connectivity index (χ0n) is 16.5. The van der Waals surface area contributed by atoms with Crippen molar-refractivity contribution in [2.45, 2.75) is 29.8 Å². The number of cyclic esters (lactones) is 1. The van der Waals surface area contributed by atoms with Crippen molar-refractivity contribution in [3.8, 4) is 0 Å². The van der Waals surface area contributed by atoms with E-state index < -0.39 is 27.6 Å². The van der Waals surface area contributed by atoms with Crippen LogP contribution in [0, 0.1) is 6.92 Å². The summed E-state index contributed by atoms with van der Waals surface area (Å²) in [6.45, 7) is 1.64. The van der Waals surface area contributed by atoms with E-state index in [0.29, 0.717) is 6.42 Å². The van der Waals surface area contributed by atoms with Crippen molar-refractivity contribution in [3.05, 3.63) is 102 Å². The highest BCUT2D eigenvalue weighted by Crippen LogP contribution is 2.43. The number of rotatable bonds is 6. The first-order chi connectivity index (χ1) is 14.4. The van der Waals surface area contributed by atoms with Gasteiger partial charge >= 0.3 is 5.97 Å². The van der Waals surface area contributed by atoms with Gasteiger partial charge in [0.15, 0.2) is 0 Å². The molecular weight excluding hydrogens is 400 g/mol. The summed E-state index contributed by atoms with van der Waals surface area (Å²) in [4.78, 5) is 13.2. The van der Waals surface area contributed by atoms with Gasteiger partial charge in [-0.15, -0.1) is 0 Å². The average molecular weight is 423 g/mol. The zero-order valence-corrected chi connectivity index (χ0v) is 17.3. The van der Waals surface area contributed by atoms with Crippen molar-refractivity contribution < 1.29 is 22.1 Å². The van der Waals surface area contributed by atoms with Gasteiger partial charge in [-0.05, 0) is 30.2 Å². The third-order valence-corrected chi connectivity index (χ3v) is 6.70. The molecule has 154 valence electrons. The van der Waals surface area contributed by atoms with E-state index in [1.165, 1.54) is 12.1 Å². The van der Waals surface area contributed by atoms with E-state index in [9.17, 15) is 13.2 Å². The first kappa shape index (κ1) is 20.3. The number of aryl methyl sites for hydroxylation is 1. The van der Waals surface area contributed by atoms with E-state index in [0.717, 1.165) is 16.7 Å². The second-order valence-corrected chi connectivity index (χ2v) is 9.04. The highest BCUT2D eigenvalue weighted by Gasteiger charge is 2.51.